The molecule has 0 aliphatic rings. The van der Waals surface area contributed by atoms with Gasteiger partial charge in [0.2, 0.25) is 5.95 Å². The summed E-state index contributed by atoms with van der Waals surface area (Å²) >= 11 is 6.18. The molecule has 2 N–H and O–H groups in total. The van der Waals surface area contributed by atoms with Gasteiger partial charge in [0.05, 0.1) is 6.33 Å². The number of imidazole rings is 1. The summed E-state index contributed by atoms with van der Waals surface area (Å²) in [4.78, 5) is 12.8. The Bertz CT molecular complexity index is 640. The van der Waals surface area contributed by atoms with Crippen LogP contribution < -0.4 is 5.73 Å². The highest BCUT2D eigenvalue weighted by molar-refractivity contribution is 6.33. The highest BCUT2D eigenvalue weighted by Crippen LogP contribution is 2.28. The first-order valence-corrected chi connectivity index (χ1v) is 10.2. The van der Waals surface area contributed by atoms with Gasteiger partial charge in [0.25, 0.3) is 0 Å². The van der Waals surface area contributed by atoms with Crippen LogP contribution in [0.3, 0.4) is 0 Å². The number of hydrogen-bond donors (Lipinski definition) is 1. The van der Waals surface area contributed by atoms with Crippen molar-refractivity contribution in [1.29, 1.82) is 0 Å². The van der Waals surface area contributed by atoms with Gasteiger partial charge in [-0.2, -0.15) is 9.97 Å². The number of fused-ring (bicyclic) bond motifs is 1. The van der Waals surface area contributed by atoms with E-state index in [1.165, 1.54) is 57.8 Å². The summed E-state index contributed by atoms with van der Waals surface area (Å²) in [5, 5.41) is 0.342. The van der Waals surface area contributed by atoms with Crippen molar-refractivity contribution in [3.8, 4) is 0 Å². The Hall–Kier alpha value is -1.36. The van der Waals surface area contributed by atoms with E-state index in [2.05, 4.69) is 33.4 Å². The molecule has 0 aliphatic heterocycles. The molecule has 2 aromatic heterocycles. The van der Waals surface area contributed by atoms with Crippen molar-refractivity contribution in [2.75, 3.05) is 5.73 Å². The van der Waals surface area contributed by atoms with Crippen molar-refractivity contribution in [1.82, 2.24) is 19.5 Å². The summed E-state index contributed by atoms with van der Waals surface area (Å²) in [6.45, 7) is 4.50. The van der Waals surface area contributed by atoms with Crippen LogP contribution in [0.15, 0.2) is 6.33 Å². The molecule has 0 aliphatic carbocycles. The minimum Gasteiger partial charge on any atom is -0.368 e. The third-order valence-electron chi connectivity index (χ3n) is 4.82. The molecule has 0 radical (unpaired) electrons. The van der Waals surface area contributed by atoms with Crippen molar-refractivity contribution in [2.24, 2.45) is 0 Å². The molecule has 0 bridgehead atoms. The van der Waals surface area contributed by atoms with Crippen LogP contribution in [0.5, 0.6) is 0 Å². The Kier molecular flexibility index (Phi) is 8.45. The van der Waals surface area contributed by atoms with E-state index in [1.54, 1.807) is 0 Å². The van der Waals surface area contributed by atoms with Gasteiger partial charge in [-0.3, -0.25) is 0 Å². The molecule has 1 unspecified atom stereocenters. The SMILES string of the molecule is CCCCCCCC(CCCCCC)n1cnc2c(Cl)nc(N)nc21. The predicted octanol–water partition coefficient (Wildman–Crippen LogP) is 5.93. The second kappa shape index (κ2) is 10.6. The summed E-state index contributed by atoms with van der Waals surface area (Å²) < 4.78 is 2.17. The second-order valence-electron chi connectivity index (χ2n) is 6.90. The number of nitrogens with zero attached hydrogens (tertiary/aromatic N) is 4. The molecule has 1 atom stereocenters. The molecule has 0 spiro atoms. The molecule has 2 heterocycles. The van der Waals surface area contributed by atoms with Gasteiger partial charge in [-0.15, -0.1) is 0 Å². The van der Waals surface area contributed by atoms with E-state index in [0.29, 0.717) is 16.7 Å². The standard InChI is InChI=1S/C19H32ClN5/c1-3-5-7-9-11-13-15(12-10-8-6-4-2)25-14-22-16-17(20)23-19(21)24-18(16)25/h14-15H,3-13H2,1-2H3,(H2,21,23,24). The van der Waals surface area contributed by atoms with Gasteiger partial charge in [-0.1, -0.05) is 83.2 Å². The first-order valence-electron chi connectivity index (χ1n) is 9.82. The fourth-order valence-electron chi connectivity index (χ4n) is 3.38. The lowest BCUT2D eigenvalue weighted by Crippen LogP contribution is -2.10. The number of hydrogen-bond acceptors (Lipinski definition) is 4. The second-order valence-corrected chi connectivity index (χ2v) is 7.26. The lowest BCUT2D eigenvalue weighted by Gasteiger charge is -2.19. The van der Waals surface area contributed by atoms with Gasteiger partial charge in [-0.25, -0.2) is 4.98 Å². The van der Waals surface area contributed by atoms with Crippen molar-refractivity contribution >= 4 is 28.7 Å². The number of anilines is 1. The van der Waals surface area contributed by atoms with E-state index in [9.17, 15) is 0 Å². The molecule has 25 heavy (non-hydrogen) atoms. The van der Waals surface area contributed by atoms with E-state index in [0.717, 1.165) is 18.5 Å². The number of halogens is 1. The Morgan fingerprint density at radius 1 is 0.960 bits per heavy atom. The summed E-state index contributed by atoms with van der Waals surface area (Å²) in [6, 6.07) is 0.411. The molecule has 0 saturated carbocycles. The Morgan fingerprint density at radius 2 is 1.56 bits per heavy atom. The Balaban J connectivity index is 2.10. The number of rotatable bonds is 12. The van der Waals surface area contributed by atoms with Crippen molar-refractivity contribution in [3.63, 3.8) is 0 Å². The van der Waals surface area contributed by atoms with Crippen LogP contribution in [0.2, 0.25) is 5.15 Å². The molecule has 0 fully saturated rings. The van der Waals surface area contributed by atoms with Crippen LogP contribution in [0.25, 0.3) is 11.2 Å². The minimum absolute atomic E-state index is 0.215. The smallest absolute Gasteiger partial charge is 0.223 e. The van der Waals surface area contributed by atoms with Crippen LogP contribution in [0, 0.1) is 0 Å². The van der Waals surface area contributed by atoms with Gasteiger partial charge in [0.15, 0.2) is 10.8 Å². The lowest BCUT2D eigenvalue weighted by molar-refractivity contribution is 0.401. The normalized spacial score (nSPS) is 12.8. The molecule has 0 saturated heterocycles. The maximum Gasteiger partial charge on any atom is 0.223 e. The molecular formula is C19H32ClN5. The van der Waals surface area contributed by atoms with E-state index in [4.69, 9.17) is 17.3 Å². The molecule has 5 nitrogen and oxygen atoms in total. The summed E-state index contributed by atoms with van der Waals surface area (Å²) in [5.74, 6) is 0.215. The zero-order chi connectivity index (χ0) is 18.1. The molecule has 0 amide bonds. The largest absolute Gasteiger partial charge is 0.368 e. The Morgan fingerprint density at radius 3 is 2.20 bits per heavy atom. The Labute approximate surface area is 156 Å². The fraction of sp³-hybridized carbons (Fsp3) is 0.737. The molecule has 6 heteroatoms. The first-order chi connectivity index (χ1) is 12.2. The first kappa shape index (κ1) is 20.0. The zero-order valence-electron chi connectivity index (χ0n) is 15.7. The van der Waals surface area contributed by atoms with Crippen LogP contribution in [-0.2, 0) is 0 Å². The molecule has 140 valence electrons. The highest BCUT2D eigenvalue weighted by Gasteiger charge is 2.17. The monoisotopic (exact) mass is 365 g/mol. The van der Waals surface area contributed by atoms with Crippen molar-refractivity contribution < 1.29 is 0 Å². The predicted molar refractivity (Wildman–Crippen MR) is 106 cm³/mol. The van der Waals surface area contributed by atoms with Gasteiger partial charge in [0.1, 0.15) is 5.52 Å². The van der Waals surface area contributed by atoms with Gasteiger partial charge >= 0.3 is 0 Å². The van der Waals surface area contributed by atoms with Crippen LogP contribution in [0.4, 0.5) is 5.95 Å². The van der Waals surface area contributed by atoms with Crippen molar-refractivity contribution in [3.05, 3.63) is 11.5 Å². The minimum atomic E-state index is 0.215. The number of unbranched alkanes of at least 4 members (excludes halogenated alkanes) is 7. The molecule has 2 rings (SSSR count). The van der Waals surface area contributed by atoms with E-state index in [-0.39, 0.29) is 5.95 Å². The highest BCUT2D eigenvalue weighted by atomic mass is 35.5. The molecular weight excluding hydrogens is 334 g/mol. The molecule has 0 aromatic carbocycles. The van der Waals surface area contributed by atoms with E-state index in [1.807, 2.05) is 6.33 Å². The van der Waals surface area contributed by atoms with Gasteiger partial charge in [0, 0.05) is 6.04 Å². The number of nitrogens with two attached hydrogens (primary N) is 1. The summed E-state index contributed by atoms with van der Waals surface area (Å²) in [6.07, 6.45) is 15.7. The van der Waals surface area contributed by atoms with E-state index < -0.39 is 0 Å². The third kappa shape index (κ3) is 5.84. The third-order valence-corrected chi connectivity index (χ3v) is 5.08. The average Bonchev–Trinajstić information content (AvgIpc) is 3.00. The zero-order valence-corrected chi connectivity index (χ0v) is 16.4. The maximum absolute atomic E-state index is 6.18. The number of aromatic nitrogens is 4. The van der Waals surface area contributed by atoms with Crippen LogP contribution in [0.1, 0.15) is 90.5 Å². The van der Waals surface area contributed by atoms with Crippen LogP contribution >= 0.6 is 11.6 Å². The molecule has 2 aromatic rings. The van der Waals surface area contributed by atoms with E-state index >= 15 is 0 Å². The average molecular weight is 366 g/mol. The topological polar surface area (TPSA) is 69.6 Å². The fourth-order valence-corrected chi connectivity index (χ4v) is 3.60. The van der Waals surface area contributed by atoms with Crippen molar-refractivity contribution in [2.45, 2.75) is 90.5 Å². The lowest BCUT2D eigenvalue weighted by atomic mass is 10.0. The summed E-state index contributed by atoms with van der Waals surface area (Å²) in [7, 11) is 0. The summed E-state index contributed by atoms with van der Waals surface area (Å²) in [5.41, 5.74) is 7.22. The number of nitrogen functional groups attached to an aromatic ring is 1. The van der Waals surface area contributed by atoms with Gasteiger partial charge < -0.3 is 10.3 Å². The van der Waals surface area contributed by atoms with Crippen LogP contribution in [-0.4, -0.2) is 19.5 Å². The quantitative estimate of drug-likeness (QED) is 0.373. The van der Waals surface area contributed by atoms with Gasteiger partial charge in [-0.05, 0) is 12.8 Å². The maximum atomic E-state index is 6.18.